The van der Waals surface area contributed by atoms with E-state index < -0.39 is 0 Å². The zero-order chi connectivity index (χ0) is 20.2. The highest BCUT2D eigenvalue weighted by Gasteiger charge is 2.28. The lowest BCUT2D eigenvalue weighted by atomic mass is 9.97. The van der Waals surface area contributed by atoms with Gasteiger partial charge in [-0.2, -0.15) is 0 Å². The molecule has 0 bridgehead atoms. The highest BCUT2D eigenvalue weighted by Crippen LogP contribution is 2.28. The molecule has 0 unspecified atom stereocenters. The molecule has 168 valence electrons. The van der Waals surface area contributed by atoms with E-state index in [-0.39, 0.29) is 5.79 Å². The Balaban J connectivity index is 0.000000292. The highest BCUT2D eigenvalue weighted by atomic mass is 16.7. The molecular weight excluding hydrogens is 344 g/mol. The highest BCUT2D eigenvalue weighted by molar-refractivity contribution is 4.70. The zero-order valence-electron chi connectivity index (χ0n) is 19.6. The van der Waals surface area contributed by atoms with Gasteiger partial charge in [0, 0.05) is 27.1 Å². The third-order valence-corrected chi connectivity index (χ3v) is 6.86. The molecule has 0 N–H and O–H groups in total. The van der Waals surface area contributed by atoms with Crippen LogP contribution in [-0.4, -0.2) is 20.0 Å². The first-order valence-electron chi connectivity index (χ1n) is 12.9. The van der Waals surface area contributed by atoms with E-state index in [9.17, 15) is 0 Å². The van der Waals surface area contributed by atoms with Gasteiger partial charge in [0.25, 0.3) is 0 Å². The Morgan fingerprint density at radius 1 is 0.321 bits per heavy atom. The first-order chi connectivity index (χ1) is 13.8. The Kier molecular flexibility index (Phi) is 17.5. The molecule has 0 saturated heterocycles. The lowest BCUT2D eigenvalue weighted by molar-refractivity contribution is -0.216. The van der Waals surface area contributed by atoms with Crippen molar-refractivity contribution in [1.29, 1.82) is 0 Å². The first kappa shape index (κ1) is 26.0. The molecule has 0 aromatic rings. The molecular formula is C26H52O2. The quantitative estimate of drug-likeness (QED) is 0.433. The van der Waals surface area contributed by atoms with Crippen molar-refractivity contribution in [3.63, 3.8) is 0 Å². The van der Waals surface area contributed by atoms with Gasteiger partial charge in [0.1, 0.15) is 0 Å². The van der Waals surface area contributed by atoms with Crippen LogP contribution in [-0.2, 0) is 9.47 Å². The SMILES string of the molecule is C1CCCCCCCCCCC1.COC1(OC)CCCCCCCCCCC1. The van der Waals surface area contributed by atoms with E-state index >= 15 is 0 Å². The molecule has 2 fully saturated rings. The van der Waals surface area contributed by atoms with Gasteiger partial charge in [0.15, 0.2) is 5.79 Å². The Bertz CT molecular complexity index is 255. The summed E-state index contributed by atoms with van der Waals surface area (Å²) in [7, 11) is 3.57. The number of methoxy groups -OCH3 is 2. The van der Waals surface area contributed by atoms with Gasteiger partial charge in [-0.3, -0.25) is 0 Å². The maximum Gasteiger partial charge on any atom is 0.167 e. The number of rotatable bonds is 2. The number of ether oxygens (including phenoxy) is 2. The molecule has 2 aliphatic carbocycles. The fourth-order valence-electron chi connectivity index (χ4n) is 4.76. The van der Waals surface area contributed by atoms with E-state index in [1.165, 1.54) is 135 Å². The van der Waals surface area contributed by atoms with Crippen molar-refractivity contribution < 1.29 is 9.47 Å². The van der Waals surface area contributed by atoms with Crippen LogP contribution in [0.2, 0.25) is 0 Å². The summed E-state index contributed by atoms with van der Waals surface area (Å²) in [4.78, 5) is 0. The Morgan fingerprint density at radius 2 is 0.500 bits per heavy atom. The summed E-state index contributed by atoms with van der Waals surface area (Å²) in [5.74, 6) is -0.292. The van der Waals surface area contributed by atoms with Gasteiger partial charge >= 0.3 is 0 Å². The van der Waals surface area contributed by atoms with Crippen molar-refractivity contribution in [3.8, 4) is 0 Å². The monoisotopic (exact) mass is 396 g/mol. The second-order valence-electron chi connectivity index (χ2n) is 9.24. The summed E-state index contributed by atoms with van der Waals surface area (Å²) >= 11 is 0. The van der Waals surface area contributed by atoms with Crippen LogP contribution in [0.3, 0.4) is 0 Å². The van der Waals surface area contributed by atoms with Gasteiger partial charge in [-0.25, -0.2) is 0 Å². The van der Waals surface area contributed by atoms with Crippen molar-refractivity contribution in [3.05, 3.63) is 0 Å². The summed E-state index contributed by atoms with van der Waals surface area (Å²) in [5, 5.41) is 0. The standard InChI is InChI=1S/C14H28O2.C12H24/c1-15-14(16-2)12-10-8-6-4-3-5-7-9-11-13-14;1-2-4-6-8-10-12-11-9-7-5-3-1/h3-13H2,1-2H3;1-12H2. The van der Waals surface area contributed by atoms with E-state index in [2.05, 4.69) is 0 Å². The fraction of sp³-hybridized carbons (Fsp3) is 1.00. The van der Waals surface area contributed by atoms with Gasteiger partial charge in [-0.15, -0.1) is 0 Å². The molecule has 0 atom stereocenters. The van der Waals surface area contributed by atoms with E-state index in [1.54, 1.807) is 14.2 Å². The second-order valence-corrected chi connectivity index (χ2v) is 9.24. The van der Waals surface area contributed by atoms with Gasteiger partial charge in [-0.1, -0.05) is 122 Å². The van der Waals surface area contributed by atoms with Gasteiger partial charge < -0.3 is 9.47 Å². The van der Waals surface area contributed by atoms with Crippen molar-refractivity contribution in [2.24, 2.45) is 0 Å². The van der Waals surface area contributed by atoms with Gasteiger partial charge in [0.2, 0.25) is 0 Å². The first-order valence-corrected chi connectivity index (χ1v) is 12.9. The molecule has 0 radical (unpaired) electrons. The van der Waals surface area contributed by atoms with Gasteiger partial charge in [-0.05, 0) is 12.8 Å². The Hall–Kier alpha value is -0.0800. The molecule has 0 aromatic carbocycles. The molecule has 0 aliphatic heterocycles. The van der Waals surface area contributed by atoms with Crippen LogP contribution in [0.25, 0.3) is 0 Å². The summed E-state index contributed by atoms with van der Waals surface area (Å²) in [6, 6.07) is 0. The summed E-state index contributed by atoms with van der Waals surface area (Å²) in [6.07, 6.45) is 32.2. The maximum atomic E-state index is 5.61. The number of hydrogen-bond acceptors (Lipinski definition) is 2. The summed E-state index contributed by atoms with van der Waals surface area (Å²) < 4.78 is 11.2. The molecule has 2 heteroatoms. The maximum absolute atomic E-state index is 5.61. The van der Waals surface area contributed by atoms with Crippen LogP contribution in [0.1, 0.15) is 148 Å². The van der Waals surface area contributed by atoms with Crippen molar-refractivity contribution >= 4 is 0 Å². The molecule has 2 rings (SSSR count). The minimum Gasteiger partial charge on any atom is -0.353 e. The Labute approximate surface area is 177 Å². The molecule has 0 heterocycles. The predicted octanol–water partition coefficient (Wildman–Crippen LogP) is 8.96. The molecule has 2 aliphatic rings. The van der Waals surface area contributed by atoms with Crippen LogP contribution in [0.15, 0.2) is 0 Å². The van der Waals surface area contributed by atoms with Crippen molar-refractivity contribution in [1.82, 2.24) is 0 Å². The zero-order valence-corrected chi connectivity index (χ0v) is 19.6. The summed E-state index contributed by atoms with van der Waals surface area (Å²) in [5.41, 5.74) is 0. The van der Waals surface area contributed by atoms with Crippen LogP contribution < -0.4 is 0 Å². The molecule has 28 heavy (non-hydrogen) atoms. The minimum absolute atomic E-state index is 0.292. The average molecular weight is 397 g/mol. The third-order valence-electron chi connectivity index (χ3n) is 6.86. The van der Waals surface area contributed by atoms with Gasteiger partial charge in [0.05, 0.1) is 0 Å². The molecule has 2 nitrogen and oxygen atoms in total. The van der Waals surface area contributed by atoms with Crippen molar-refractivity contribution in [2.45, 2.75) is 153 Å². The van der Waals surface area contributed by atoms with E-state index in [1.807, 2.05) is 0 Å². The minimum atomic E-state index is -0.292. The van der Waals surface area contributed by atoms with E-state index in [4.69, 9.17) is 9.47 Å². The molecule has 0 aromatic heterocycles. The Morgan fingerprint density at radius 3 is 0.679 bits per heavy atom. The van der Waals surface area contributed by atoms with Crippen LogP contribution in [0, 0.1) is 0 Å². The summed E-state index contributed by atoms with van der Waals surface area (Å²) in [6.45, 7) is 0. The van der Waals surface area contributed by atoms with Crippen LogP contribution in [0.4, 0.5) is 0 Å². The lowest BCUT2D eigenvalue weighted by Crippen LogP contribution is -2.33. The topological polar surface area (TPSA) is 18.5 Å². The lowest BCUT2D eigenvalue weighted by Gasteiger charge is -2.31. The number of hydrogen-bond donors (Lipinski definition) is 0. The fourth-order valence-corrected chi connectivity index (χ4v) is 4.76. The van der Waals surface area contributed by atoms with Crippen LogP contribution in [0.5, 0.6) is 0 Å². The molecule has 2 saturated carbocycles. The third kappa shape index (κ3) is 14.0. The largest absolute Gasteiger partial charge is 0.353 e. The average Bonchev–Trinajstić information content (AvgIpc) is 2.70. The smallest absolute Gasteiger partial charge is 0.167 e. The second kappa shape index (κ2) is 18.9. The molecule has 0 spiro atoms. The van der Waals surface area contributed by atoms with Crippen LogP contribution >= 0.6 is 0 Å². The van der Waals surface area contributed by atoms with E-state index in [0.717, 1.165) is 12.8 Å². The van der Waals surface area contributed by atoms with E-state index in [0.29, 0.717) is 0 Å². The predicted molar refractivity (Wildman–Crippen MR) is 123 cm³/mol. The van der Waals surface area contributed by atoms with Crippen molar-refractivity contribution in [2.75, 3.05) is 14.2 Å². The normalized spacial score (nSPS) is 24.2. The molecule has 0 amide bonds.